The Hall–Kier alpha value is -2.20. The van der Waals surface area contributed by atoms with Gasteiger partial charge in [-0.1, -0.05) is 5.92 Å². The Morgan fingerprint density at radius 2 is 1.87 bits per heavy atom. The fourth-order valence-corrected chi connectivity index (χ4v) is 0.811. The van der Waals surface area contributed by atoms with Crippen molar-refractivity contribution in [3.8, 4) is 36.4 Å². The van der Waals surface area contributed by atoms with E-state index in [1.807, 2.05) is 0 Å². The van der Waals surface area contributed by atoms with Crippen molar-refractivity contribution < 1.29 is 9.47 Å². The summed E-state index contributed by atoms with van der Waals surface area (Å²) in [5.74, 6) is 5.61. The second-order valence-electron chi connectivity index (χ2n) is 2.49. The molecule has 1 heterocycles. The third-order valence-corrected chi connectivity index (χ3v) is 1.42. The van der Waals surface area contributed by atoms with Crippen molar-refractivity contribution in [1.29, 1.82) is 0 Å². The normalized spacial score (nSPS) is 8.67. The first kappa shape index (κ1) is 10.9. The van der Waals surface area contributed by atoms with Crippen molar-refractivity contribution in [2.24, 2.45) is 0 Å². The summed E-state index contributed by atoms with van der Waals surface area (Å²) in [6, 6.07) is 1.56. The van der Waals surface area contributed by atoms with Crippen LogP contribution in [0.15, 0.2) is 12.4 Å². The van der Waals surface area contributed by atoms with Crippen LogP contribution in [0.1, 0.15) is 6.42 Å². The van der Waals surface area contributed by atoms with Gasteiger partial charge in [0, 0.05) is 6.42 Å². The van der Waals surface area contributed by atoms with Gasteiger partial charge in [-0.05, 0) is 0 Å². The quantitative estimate of drug-likeness (QED) is 0.525. The van der Waals surface area contributed by atoms with E-state index in [0.29, 0.717) is 24.8 Å². The van der Waals surface area contributed by atoms with E-state index >= 15 is 0 Å². The van der Waals surface area contributed by atoms with E-state index in [2.05, 4.69) is 21.8 Å². The smallest absolute Gasteiger partial charge is 0.221 e. The molecule has 0 aliphatic rings. The van der Waals surface area contributed by atoms with Gasteiger partial charge in [0.15, 0.2) is 6.61 Å². The molecule has 15 heavy (non-hydrogen) atoms. The van der Waals surface area contributed by atoms with E-state index < -0.39 is 0 Å². The highest BCUT2D eigenvalue weighted by Gasteiger charge is 1.99. The highest BCUT2D eigenvalue weighted by molar-refractivity contribution is 5.18. The van der Waals surface area contributed by atoms with Gasteiger partial charge >= 0.3 is 0 Å². The van der Waals surface area contributed by atoms with E-state index in [-0.39, 0.29) is 6.61 Å². The van der Waals surface area contributed by atoms with Crippen LogP contribution in [0.3, 0.4) is 0 Å². The minimum Gasteiger partial charge on any atom is -0.476 e. The largest absolute Gasteiger partial charge is 0.476 e. The van der Waals surface area contributed by atoms with Crippen LogP contribution in [0.4, 0.5) is 0 Å². The second kappa shape index (κ2) is 6.28. The summed E-state index contributed by atoms with van der Waals surface area (Å²) in [7, 11) is 0. The summed E-state index contributed by atoms with van der Waals surface area (Å²) < 4.78 is 10.3. The Morgan fingerprint density at radius 1 is 1.13 bits per heavy atom. The lowest BCUT2D eigenvalue weighted by Crippen LogP contribution is -2.01. The van der Waals surface area contributed by atoms with E-state index in [1.54, 1.807) is 6.07 Å². The molecule has 1 aromatic rings. The van der Waals surface area contributed by atoms with Gasteiger partial charge in [-0.2, -0.15) is 0 Å². The molecule has 4 heteroatoms. The lowest BCUT2D eigenvalue weighted by Gasteiger charge is -2.04. The molecule has 4 nitrogen and oxygen atoms in total. The number of hydrogen-bond acceptors (Lipinski definition) is 4. The average Bonchev–Trinajstić information content (AvgIpc) is 2.27. The highest BCUT2D eigenvalue weighted by atomic mass is 16.5. The second-order valence-corrected chi connectivity index (χ2v) is 2.49. The van der Waals surface area contributed by atoms with Gasteiger partial charge < -0.3 is 9.47 Å². The van der Waals surface area contributed by atoms with Gasteiger partial charge in [0.1, 0.15) is 12.9 Å². The van der Waals surface area contributed by atoms with Crippen LogP contribution in [0.2, 0.25) is 0 Å². The molecule has 0 radical (unpaired) electrons. The maximum atomic E-state index is 5.24. The minimum absolute atomic E-state index is 0.167. The van der Waals surface area contributed by atoms with Crippen LogP contribution < -0.4 is 9.47 Å². The van der Waals surface area contributed by atoms with Crippen LogP contribution in [-0.4, -0.2) is 23.2 Å². The van der Waals surface area contributed by atoms with Crippen LogP contribution in [0, 0.1) is 24.7 Å². The monoisotopic (exact) mass is 202 g/mol. The van der Waals surface area contributed by atoms with Crippen molar-refractivity contribution in [2.45, 2.75) is 6.42 Å². The van der Waals surface area contributed by atoms with Gasteiger partial charge in [0.05, 0.1) is 6.07 Å². The summed E-state index contributed by atoms with van der Waals surface area (Å²) in [5, 5.41) is 0. The van der Waals surface area contributed by atoms with Crippen molar-refractivity contribution in [1.82, 2.24) is 9.97 Å². The molecular weight excluding hydrogens is 192 g/mol. The maximum absolute atomic E-state index is 5.24. The zero-order chi connectivity index (χ0) is 10.9. The zero-order valence-corrected chi connectivity index (χ0v) is 8.14. The van der Waals surface area contributed by atoms with Crippen LogP contribution in [0.5, 0.6) is 11.8 Å². The van der Waals surface area contributed by atoms with Crippen LogP contribution in [0.25, 0.3) is 0 Å². The fraction of sp³-hybridized carbons (Fsp3) is 0.273. The van der Waals surface area contributed by atoms with Crippen LogP contribution >= 0.6 is 0 Å². The van der Waals surface area contributed by atoms with Crippen molar-refractivity contribution in [2.75, 3.05) is 13.2 Å². The van der Waals surface area contributed by atoms with Gasteiger partial charge in [-0.25, -0.2) is 9.97 Å². The molecule has 76 valence electrons. The highest BCUT2D eigenvalue weighted by Crippen LogP contribution is 2.12. The van der Waals surface area contributed by atoms with E-state index in [4.69, 9.17) is 22.3 Å². The van der Waals surface area contributed by atoms with Gasteiger partial charge in [0.2, 0.25) is 11.8 Å². The first-order chi connectivity index (χ1) is 7.36. The summed E-state index contributed by atoms with van der Waals surface area (Å²) >= 11 is 0. The molecule has 0 aromatic carbocycles. The topological polar surface area (TPSA) is 44.2 Å². The Kier molecular flexibility index (Phi) is 4.56. The Bertz CT molecular complexity index is 390. The molecule has 0 saturated carbocycles. The summed E-state index contributed by atoms with van der Waals surface area (Å²) in [6.07, 6.45) is 12.0. The Labute approximate surface area is 88.7 Å². The molecule has 0 spiro atoms. The zero-order valence-electron chi connectivity index (χ0n) is 8.14. The van der Waals surface area contributed by atoms with Crippen molar-refractivity contribution in [3.63, 3.8) is 0 Å². The number of rotatable bonds is 5. The molecule has 0 unspecified atom stereocenters. The number of aromatic nitrogens is 2. The standard InChI is InChI=1S/C11H10N2O2/c1-3-5-7-15-11-8-10(12-9-13-11)14-6-4-2/h1-2,8-9H,5-7H2. The number of hydrogen-bond donors (Lipinski definition) is 0. The van der Waals surface area contributed by atoms with E-state index in [9.17, 15) is 0 Å². The molecule has 0 bridgehead atoms. The minimum atomic E-state index is 0.167. The lowest BCUT2D eigenvalue weighted by molar-refractivity contribution is 0.305. The maximum Gasteiger partial charge on any atom is 0.221 e. The molecule has 0 fully saturated rings. The molecule has 0 atom stereocenters. The van der Waals surface area contributed by atoms with Gasteiger partial charge in [-0.3, -0.25) is 0 Å². The number of nitrogens with zero attached hydrogens (tertiary/aromatic N) is 2. The summed E-state index contributed by atoms with van der Waals surface area (Å²) in [5.41, 5.74) is 0. The molecule has 0 aliphatic heterocycles. The molecule has 0 saturated heterocycles. The van der Waals surface area contributed by atoms with Crippen molar-refractivity contribution in [3.05, 3.63) is 12.4 Å². The SMILES string of the molecule is C#CCCOc1cc(OCC#C)ncn1. The number of terminal acetylenes is 2. The third-order valence-electron chi connectivity index (χ3n) is 1.42. The molecule has 1 rings (SSSR count). The first-order valence-electron chi connectivity index (χ1n) is 4.31. The predicted octanol–water partition coefficient (Wildman–Crippen LogP) is 0.891. The molecule has 0 N–H and O–H groups in total. The third kappa shape index (κ3) is 4.02. The summed E-state index contributed by atoms with van der Waals surface area (Å²) in [4.78, 5) is 7.74. The van der Waals surface area contributed by atoms with Crippen molar-refractivity contribution >= 4 is 0 Å². The van der Waals surface area contributed by atoms with E-state index in [1.165, 1.54) is 6.33 Å². The first-order valence-corrected chi connectivity index (χ1v) is 4.31. The Balaban J connectivity index is 2.51. The fourth-order valence-electron chi connectivity index (χ4n) is 0.811. The molecule has 0 aliphatic carbocycles. The molecule has 0 amide bonds. The lowest BCUT2D eigenvalue weighted by atomic mass is 10.5. The number of ether oxygens (including phenoxy) is 2. The van der Waals surface area contributed by atoms with E-state index in [0.717, 1.165) is 0 Å². The average molecular weight is 202 g/mol. The molecular formula is C11H10N2O2. The van der Waals surface area contributed by atoms with Gasteiger partial charge in [0.25, 0.3) is 0 Å². The summed E-state index contributed by atoms with van der Waals surface area (Å²) in [6.45, 7) is 0.586. The Morgan fingerprint density at radius 3 is 2.53 bits per heavy atom. The predicted molar refractivity (Wildman–Crippen MR) is 55.3 cm³/mol. The molecule has 1 aromatic heterocycles. The van der Waals surface area contributed by atoms with Gasteiger partial charge in [-0.15, -0.1) is 18.8 Å². The van der Waals surface area contributed by atoms with Crippen LogP contribution in [-0.2, 0) is 0 Å².